The second-order valence-electron chi connectivity index (χ2n) is 6.66. The third kappa shape index (κ3) is 2.68. The van der Waals surface area contributed by atoms with Gasteiger partial charge in [0.1, 0.15) is 0 Å². The summed E-state index contributed by atoms with van der Waals surface area (Å²) in [7, 11) is 0. The van der Waals surface area contributed by atoms with Gasteiger partial charge in [0.15, 0.2) is 0 Å². The van der Waals surface area contributed by atoms with Gasteiger partial charge in [-0.2, -0.15) is 0 Å². The predicted molar refractivity (Wildman–Crippen MR) is 73.8 cm³/mol. The van der Waals surface area contributed by atoms with Crippen molar-refractivity contribution in [2.24, 2.45) is 11.8 Å². The van der Waals surface area contributed by atoms with Crippen LogP contribution in [0.25, 0.3) is 0 Å². The third-order valence-corrected chi connectivity index (χ3v) is 5.11. The molecule has 20 heavy (non-hydrogen) atoms. The van der Waals surface area contributed by atoms with E-state index in [0.717, 1.165) is 44.9 Å². The molecule has 3 aliphatic rings. The molecule has 0 atom stereocenters. The summed E-state index contributed by atoms with van der Waals surface area (Å²) in [5.74, 6) is 0.627. The summed E-state index contributed by atoms with van der Waals surface area (Å²) in [6.45, 7) is 1.46. The van der Waals surface area contributed by atoms with Crippen LogP contribution in [0.2, 0.25) is 0 Å². The maximum absolute atomic E-state index is 12.3. The van der Waals surface area contributed by atoms with Gasteiger partial charge in [-0.15, -0.1) is 0 Å². The molecule has 0 aromatic heterocycles. The number of carbonyl (C=O) groups is 2. The van der Waals surface area contributed by atoms with Crippen molar-refractivity contribution in [3.8, 4) is 0 Å². The number of likely N-dealkylation sites (tertiary alicyclic amines) is 1. The summed E-state index contributed by atoms with van der Waals surface area (Å²) in [4.78, 5) is 26.1. The van der Waals surface area contributed by atoms with Crippen LogP contribution < -0.4 is 5.32 Å². The van der Waals surface area contributed by atoms with E-state index < -0.39 is 0 Å². The Hall–Kier alpha value is -1.10. The van der Waals surface area contributed by atoms with E-state index in [4.69, 9.17) is 0 Å². The van der Waals surface area contributed by atoms with Crippen molar-refractivity contribution in [3.05, 3.63) is 0 Å². The third-order valence-electron chi connectivity index (χ3n) is 5.11. The lowest BCUT2D eigenvalue weighted by Crippen LogP contribution is -2.58. The first-order chi connectivity index (χ1) is 9.63. The fourth-order valence-electron chi connectivity index (χ4n) is 3.24. The Kier molecular flexibility index (Phi) is 3.71. The Bertz CT molecular complexity index is 388. The molecule has 0 unspecified atom stereocenters. The zero-order valence-corrected chi connectivity index (χ0v) is 11.9. The molecule has 2 amide bonds. The van der Waals surface area contributed by atoms with Gasteiger partial charge in [-0.3, -0.25) is 9.59 Å². The standard InChI is InChI=1S/C15H24N2O3/c18-10-15(6-1-7-15)16-13(19)11-4-8-17(9-5-11)14(20)12-2-3-12/h11-12,18H,1-10H2,(H,16,19). The van der Waals surface area contributed by atoms with E-state index in [-0.39, 0.29) is 35.8 Å². The Labute approximate surface area is 119 Å². The highest BCUT2D eigenvalue weighted by atomic mass is 16.3. The van der Waals surface area contributed by atoms with Gasteiger partial charge in [0, 0.05) is 24.9 Å². The quantitative estimate of drug-likeness (QED) is 0.795. The van der Waals surface area contributed by atoms with Gasteiger partial charge in [0.2, 0.25) is 11.8 Å². The van der Waals surface area contributed by atoms with Gasteiger partial charge in [-0.05, 0) is 44.9 Å². The Morgan fingerprint density at radius 3 is 2.20 bits per heavy atom. The topological polar surface area (TPSA) is 69.6 Å². The lowest BCUT2D eigenvalue weighted by molar-refractivity contribution is -0.137. The number of amides is 2. The monoisotopic (exact) mass is 280 g/mol. The SMILES string of the molecule is O=C(NC1(CO)CCC1)C1CCN(C(=O)C2CC2)CC1. The molecule has 0 spiro atoms. The molecule has 2 saturated carbocycles. The van der Waals surface area contributed by atoms with Gasteiger partial charge in [-0.25, -0.2) is 0 Å². The molecule has 1 heterocycles. The molecule has 3 fully saturated rings. The molecule has 5 nitrogen and oxygen atoms in total. The van der Waals surface area contributed by atoms with Gasteiger partial charge >= 0.3 is 0 Å². The average Bonchev–Trinajstić information content (AvgIpc) is 3.26. The number of piperidine rings is 1. The maximum Gasteiger partial charge on any atom is 0.225 e. The van der Waals surface area contributed by atoms with Crippen LogP contribution in [-0.2, 0) is 9.59 Å². The summed E-state index contributed by atoms with van der Waals surface area (Å²) in [5, 5.41) is 12.4. The fourth-order valence-corrected chi connectivity index (χ4v) is 3.24. The van der Waals surface area contributed by atoms with Crippen molar-refractivity contribution in [2.75, 3.05) is 19.7 Å². The molecule has 0 aromatic carbocycles. The molecule has 5 heteroatoms. The normalized spacial score (nSPS) is 25.9. The highest BCUT2D eigenvalue weighted by Crippen LogP contribution is 2.34. The Balaban J connectivity index is 1.47. The van der Waals surface area contributed by atoms with Crippen molar-refractivity contribution in [1.82, 2.24) is 10.2 Å². The number of carbonyl (C=O) groups excluding carboxylic acids is 2. The first-order valence-corrected chi connectivity index (χ1v) is 7.85. The number of hydrogen-bond acceptors (Lipinski definition) is 3. The van der Waals surface area contributed by atoms with E-state index in [1.807, 2.05) is 4.90 Å². The van der Waals surface area contributed by atoms with Crippen molar-refractivity contribution in [1.29, 1.82) is 0 Å². The van der Waals surface area contributed by atoms with Gasteiger partial charge in [-0.1, -0.05) is 0 Å². The molecule has 2 N–H and O–H groups in total. The molecule has 0 bridgehead atoms. The van der Waals surface area contributed by atoms with E-state index in [1.165, 1.54) is 0 Å². The highest BCUT2D eigenvalue weighted by Gasteiger charge is 2.40. The largest absolute Gasteiger partial charge is 0.394 e. The molecule has 1 saturated heterocycles. The molecule has 0 aromatic rings. The van der Waals surface area contributed by atoms with Crippen LogP contribution in [0.15, 0.2) is 0 Å². The fraction of sp³-hybridized carbons (Fsp3) is 0.867. The van der Waals surface area contributed by atoms with Crippen LogP contribution in [0.5, 0.6) is 0 Å². The highest BCUT2D eigenvalue weighted by molar-refractivity contribution is 5.82. The van der Waals surface area contributed by atoms with Gasteiger partial charge in [0.05, 0.1) is 12.1 Å². The number of rotatable bonds is 4. The van der Waals surface area contributed by atoms with Gasteiger partial charge < -0.3 is 15.3 Å². The molecule has 112 valence electrons. The van der Waals surface area contributed by atoms with Crippen molar-refractivity contribution in [2.45, 2.75) is 50.5 Å². The predicted octanol–water partition coefficient (Wildman–Crippen LogP) is 0.666. The number of aliphatic hydroxyl groups is 1. The molecule has 3 rings (SSSR count). The van der Waals surface area contributed by atoms with Crippen LogP contribution in [0, 0.1) is 11.8 Å². The minimum Gasteiger partial charge on any atom is -0.394 e. The van der Waals surface area contributed by atoms with Crippen molar-refractivity contribution in [3.63, 3.8) is 0 Å². The first kappa shape index (κ1) is 13.9. The second kappa shape index (κ2) is 5.35. The molecular formula is C15H24N2O3. The summed E-state index contributed by atoms with van der Waals surface area (Å²) in [6.07, 6.45) is 6.44. The van der Waals surface area contributed by atoms with Crippen LogP contribution in [0.3, 0.4) is 0 Å². The van der Waals surface area contributed by atoms with Crippen molar-refractivity contribution >= 4 is 11.8 Å². The number of aliphatic hydroxyl groups excluding tert-OH is 1. The summed E-state index contributed by atoms with van der Waals surface area (Å²) >= 11 is 0. The number of nitrogens with zero attached hydrogens (tertiary/aromatic N) is 1. The van der Waals surface area contributed by atoms with Gasteiger partial charge in [0.25, 0.3) is 0 Å². The smallest absolute Gasteiger partial charge is 0.225 e. The van der Waals surface area contributed by atoms with Crippen LogP contribution in [-0.4, -0.2) is 47.1 Å². The van der Waals surface area contributed by atoms with E-state index in [9.17, 15) is 14.7 Å². The van der Waals surface area contributed by atoms with Crippen LogP contribution in [0.1, 0.15) is 44.9 Å². The summed E-state index contributed by atoms with van der Waals surface area (Å²) in [6, 6.07) is 0. The molecular weight excluding hydrogens is 256 g/mol. The van der Waals surface area contributed by atoms with E-state index in [0.29, 0.717) is 13.1 Å². The van der Waals surface area contributed by atoms with E-state index in [2.05, 4.69) is 5.32 Å². The molecule has 0 radical (unpaired) electrons. The lowest BCUT2D eigenvalue weighted by Gasteiger charge is -2.42. The molecule has 1 aliphatic heterocycles. The molecule has 2 aliphatic carbocycles. The maximum atomic E-state index is 12.3. The lowest BCUT2D eigenvalue weighted by atomic mass is 9.77. The second-order valence-corrected chi connectivity index (χ2v) is 6.66. The van der Waals surface area contributed by atoms with Crippen LogP contribution >= 0.6 is 0 Å². The Morgan fingerprint density at radius 2 is 1.75 bits per heavy atom. The number of nitrogens with one attached hydrogen (secondary N) is 1. The Morgan fingerprint density at radius 1 is 1.10 bits per heavy atom. The summed E-state index contributed by atoms with van der Waals surface area (Å²) in [5.41, 5.74) is -0.349. The average molecular weight is 280 g/mol. The minimum atomic E-state index is -0.349. The minimum absolute atomic E-state index is 0.00211. The van der Waals surface area contributed by atoms with E-state index in [1.54, 1.807) is 0 Å². The summed E-state index contributed by atoms with van der Waals surface area (Å²) < 4.78 is 0. The zero-order valence-electron chi connectivity index (χ0n) is 11.9. The first-order valence-electron chi connectivity index (χ1n) is 7.85. The van der Waals surface area contributed by atoms with Crippen molar-refractivity contribution < 1.29 is 14.7 Å². The van der Waals surface area contributed by atoms with Crippen LogP contribution in [0.4, 0.5) is 0 Å². The van der Waals surface area contributed by atoms with E-state index >= 15 is 0 Å². The zero-order chi connectivity index (χ0) is 14.2. The number of hydrogen-bond donors (Lipinski definition) is 2.